The Morgan fingerprint density at radius 1 is 1.50 bits per heavy atom. The minimum Gasteiger partial charge on any atom is -0.398 e. The van der Waals surface area contributed by atoms with Crippen molar-refractivity contribution in [2.45, 2.75) is 13.2 Å². The summed E-state index contributed by atoms with van der Waals surface area (Å²) in [6.45, 7) is 1.96. The summed E-state index contributed by atoms with van der Waals surface area (Å²) in [6, 6.07) is 5.59. The van der Waals surface area contributed by atoms with Crippen LogP contribution in [0.1, 0.15) is 17.4 Å². The maximum absolute atomic E-state index is 9.44. The second kappa shape index (κ2) is 3.56. The van der Waals surface area contributed by atoms with Gasteiger partial charge in [0.25, 0.3) is 0 Å². The van der Waals surface area contributed by atoms with Gasteiger partial charge in [-0.25, -0.2) is 0 Å². The third kappa shape index (κ3) is 1.75. The van der Waals surface area contributed by atoms with Gasteiger partial charge in [-0.05, 0) is 20.0 Å². The first-order valence-electron chi connectivity index (χ1n) is 3.86. The molecular weight excluding hydrogens is 152 g/mol. The highest BCUT2D eigenvalue weighted by Crippen LogP contribution is 2.19. The molecule has 0 fully saturated rings. The predicted octanol–water partition coefficient (Wildman–Crippen LogP) is 0.788. The molecule has 66 valence electrons. The average molecular weight is 166 g/mol. The van der Waals surface area contributed by atoms with Crippen molar-refractivity contribution < 1.29 is 5.11 Å². The molecule has 4 N–H and O–H groups in total. The molecule has 0 saturated carbocycles. The number of rotatable bonds is 2. The van der Waals surface area contributed by atoms with E-state index in [4.69, 9.17) is 5.73 Å². The Hall–Kier alpha value is -1.06. The summed E-state index contributed by atoms with van der Waals surface area (Å²) in [5.41, 5.74) is 8.10. The fourth-order valence-corrected chi connectivity index (χ4v) is 1.09. The highest BCUT2D eigenvalue weighted by molar-refractivity contribution is 5.49. The second-order valence-electron chi connectivity index (χ2n) is 2.82. The highest BCUT2D eigenvalue weighted by Gasteiger charge is 2.07. The highest BCUT2D eigenvalue weighted by atomic mass is 16.3. The zero-order valence-electron chi connectivity index (χ0n) is 7.33. The van der Waals surface area contributed by atoms with Crippen LogP contribution in [0.2, 0.25) is 0 Å². The van der Waals surface area contributed by atoms with Crippen molar-refractivity contribution in [3.8, 4) is 0 Å². The van der Waals surface area contributed by atoms with Crippen molar-refractivity contribution in [1.29, 1.82) is 0 Å². The van der Waals surface area contributed by atoms with Gasteiger partial charge in [0.05, 0.1) is 0 Å². The van der Waals surface area contributed by atoms with Crippen molar-refractivity contribution in [1.82, 2.24) is 5.32 Å². The fraction of sp³-hybridized carbons (Fsp3) is 0.333. The Labute approximate surface area is 72.2 Å². The Balaban J connectivity index is 3.04. The molecule has 1 atom stereocenters. The van der Waals surface area contributed by atoms with E-state index in [-0.39, 0.29) is 0 Å². The zero-order valence-corrected chi connectivity index (χ0v) is 7.33. The van der Waals surface area contributed by atoms with Crippen molar-refractivity contribution in [2.24, 2.45) is 0 Å². The third-order valence-corrected chi connectivity index (χ3v) is 1.81. The van der Waals surface area contributed by atoms with Gasteiger partial charge in [-0.3, -0.25) is 5.32 Å². The Kier molecular flexibility index (Phi) is 2.68. The SMILES string of the molecule is CNC(O)c1cc(C)ccc1N. The molecule has 12 heavy (non-hydrogen) atoms. The molecule has 0 saturated heterocycles. The van der Waals surface area contributed by atoms with E-state index in [1.54, 1.807) is 13.1 Å². The van der Waals surface area contributed by atoms with Crippen LogP contribution in [-0.4, -0.2) is 12.2 Å². The minimum atomic E-state index is -0.676. The van der Waals surface area contributed by atoms with Crippen LogP contribution < -0.4 is 11.1 Å². The number of aliphatic hydroxyl groups is 1. The van der Waals surface area contributed by atoms with Gasteiger partial charge in [-0.15, -0.1) is 0 Å². The summed E-state index contributed by atoms with van der Waals surface area (Å²) in [4.78, 5) is 0. The van der Waals surface area contributed by atoms with Gasteiger partial charge in [0, 0.05) is 11.3 Å². The first-order chi connectivity index (χ1) is 5.65. The Bertz CT molecular complexity index is 273. The second-order valence-corrected chi connectivity index (χ2v) is 2.82. The first-order valence-corrected chi connectivity index (χ1v) is 3.86. The number of aliphatic hydroxyl groups excluding tert-OH is 1. The minimum absolute atomic E-state index is 0.613. The molecule has 1 aromatic rings. The zero-order chi connectivity index (χ0) is 9.14. The molecule has 3 nitrogen and oxygen atoms in total. The van der Waals surface area contributed by atoms with E-state index in [0.29, 0.717) is 5.69 Å². The number of aryl methyl sites for hydroxylation is 1. The van der Waals surface area contributed by atoms with Gasteiger partial charge in [0.15, 0.2) is 0 Å². The summed E-state index contributed by atoms with van der Waals surface area (Å²) in [7, 11) is 1.69. The van der Waals surface area contributed by atoms with Gasteiger partial charge < -0.3 is 10.8 Å². The molecule has 1 aromatic carbocycles. The van der Waals surface area contributed by atoms with Gasteiger partial charge in [-0.2, -0.15) is 0 Å². The summed E-state index contributed by atoms with van der Waals surface area (Å²) in [5.74, 6) is 0. The molecule has 0 bridgehead atoms. The molecule has 0 spiro atoms. The van der Waals surface area contributed by atoms with E-state index in [1.165, 1.54) is 0 Å². The quantitative estimate of drug-likeness (QED) is 0.449. The van der Waals surface area contributed by atoms with Crippen LogP contribution in [0.5, 0.6) is 0 Å². The summed E-state index contributed by atoms with van der Waals surface area (Å²) >= 11 is 0. The Morgan fingerprint density at radius 3 is 2.75 bits per heavy atom. The van der Waals surface area contributed by atoms with Gasteiger partial charge >= 0.3 is 0 Å². The van der Waals surface area contributed by atoms with Crippen LogP contribution in [-0.2, 0) is 0 Å². The van der Waals surface area contributed by atoms with Crippen molar-refractivity contribution in [3.05, 3.63) is 29.3 Å². The molecule has 3 heteroatoms. The maximum Gasteiger partial charge on any atom is 0.132 e. The smallest absolute Gasteiger partial charge is 0.132 e. The summed E-state index contributed by atoms with van der Waals surface area (Å²) in [5, 5.41) is 12.2. The van der Waals surface area contributed by atoms with Crippen LogP contribution in [0.15, 0.2) is 18.2 Å². The van der Waals surface area contributed by atoms with Crippen LogP contribution in [0, 0.1) is 6.92 Å². The predicted molar refractivity (Wildman–Crippen MR) is 49.6 cm³/mol. The lowest BCUT2D eigenvalue weighted by Crippen LogP contribution is -2.16. The number of benzene rings is 1. The lowest BCUT2D eigenvalue weighted by Gasteiger charge is -2.12. The molecule has 0 aliphatic carbocycles. The number of hydrogen-bond acceptors (Lipinski definition) is 3. The van der Waals surface area contributed by atoms with Crippen molar-refractivity contribution in [3.63, 3.8) is 0 Å². The average Bonchev–Trinajstić information content (AvgIpc) is 2.08. The Morgan fingerprint density at radius 2 is 2.17 bits per heavy atom. The third-order valence-electron chi connectivity index (χ3n) is 1.81. The van der Waals surface area contributed by atoms with E-state index in [9.17, 15) is 5.11 Å². The van der Waals surface area contributed by atoms with Gasteiger partial charge in [0.1, 0.15) is 6.23 Å². The molecule has 0 aliphatic rings. The monoisotopic (exact) mass is 166 g/mol. The van der Waals surface area contributed by atoms with Crippen LogP contribution in [0.25, 0.3) is 0 Å². The van der Waals surface area contributed by atoms with Crippen LogP contribution in [0.4, 0.5) is 5.69 Å². The molecule has 0 radical (unpaired) electrons. The number of nitrogens with two attached hydrogens (primary N) is 1. The van der Waals surface area contributed by atoms with Crippen LogP contribution in [0.3, 0.4) is 0 Å². The van der Waals surface area contributed by atoms with Gasteiger partial charge in [0.2, 0.25) is 0 Å². The molecular formula is C9H14N2O. The van der Waals surface area contributed by atoms with E-state index in [1.807, 2.05) is 19.1 Å². The number of hydrogen-bond donors (Lipinski definition) is 3. The maximum atomic E-state index is 9.44. The number of nitrogens with one attached hydrogen (secondary N) is 1. The van der Waals surface area contributed by atoms with E-state index < -0.39 is 6.23 Å². The number of anilines is 1. The van der Waals surface area contributed by atoms with E-state index in [2.05, 4.69) is 5.32 Å². The lowest BCUT2D eigenvalue weighted by atomic mass is 10.1. The molecule has 0 aromatic heterocycles. The standard InChI is InChI=1S/C9H14N2O/c1-6-3-4-8(10)7(5-6)9(12)11-2/h3-5,9,11-12H,10H2,1-2H3. The molecule has 0 heterocycles. The molecule has 1 unspecified atom stereocenters. The molecule has 1 rings (SSSR count). The largest absolute Gasteiger partial charge is 0.398 e. The number of nitrogen functional groups attached to an aromatic ring is 1. The fourth-order valence-electron chi connectivity index (χ4n) is 1.09. The van der Waals surface area contributed by atoms with Crippen LogP contribution >= 0.6 is 0 Å². The summed E-state index contributed by atoms with van der Waals surface area (Å²) in [6.07, 6.45) is -0.676. The van der Waals surface area contributed by atoms with Crippen molar-refractivity contribution >= 4 is 5.69 Å². The lowest BCUT2D eigenvalue weighted by molar-refractivity contribution is 0.150. The normalized spacial score (nSPS) is 12.9. The van der Waals surface area contributed by atoms with Gasteiger partial charge in [-0.1, -0.05) is 17.7 Å². The van der Waals surface area contributed by atoms with Crippen molar-refractivity contribution in [2.75, 3.05) is 12.8 Å². The molecule has 0 amide bonds. The topological polar surface area (TPSA) is 58.3 Å². The van der Waals surface area contributed by atoms with E-state index in [0.717, 1.165) is 11.1 Å². The first kappa shape index (κ1) is 9.03. The summed E-state index contributed by atoms with van der Waals surface area (Å²) < 4.78 is 0. The molecule has 0 aliphatic heterocycles. The van der Waals surface area contributed by atoms with E-state index >= 15 is 0 Å².